The Morgan fingerprint density at radius 3 is 1.96 bits per heavy atom. The summed E-state index contributed by atoms with van der Waals surface area (Å²) in [4.78, 5) is 29.5. The highest BCUT2D eigenvalue weighted by molar-refractivity contribution is 5.98. The van der Waals surface area contributed by atoms with Gasteiger partial charge in [0, 0.05) is 20.0 Å². The number of hydrogen-bond acceptors (Lipinski definition) is 4. The number of Topliss-reactive ketones (excluding diaryl/α,β-unsaturated/α-hetero) is 1. The number of nitrogens with zero attached hydrogens (tertiary/aromatic N) is 2. The zero-order chi connectivity index (χ0) is 17.8. The lowest BCUT2D eigenvalue weighted by molar-refractivity contribution is -0.276. The molecule has 25 heavy (non-hydrogen) atoms. The molecule has 0 aromatic carbocycles. The van der Waals surface area contributed by atoms with Crippen molar-refractivity contribution < 1.29 is 14.4 Å². The second kappa shape index (κ2) is 6.34. The lowest BCUT2D eigenvalue weighted by Crippen LogP contribution is -2.75. The fraction of sp³-hybridized carbons (Fsp3) is 0.900. The molecule has 0 spiro atoms. The van der Waals surface area contributed by atoms with Crippen molar-refractivity contribution >= 4 is 11.8 Å². The van der Waals surface area contributed by atoms with Gasteiger partial charge < -0.3 is 4.84 Å². The van der Waals surface area contributed by atoms with E-state index in [1.54, 1.807) is 5.06 Å². The van der Waals surface area contributed by atoms with Crippen LogP contribution in [0.5, 0.6) is 0 Å². The monoisotopic (exact) mass is 347 g/mol. The van der Waals surface area contributed by atoms with E-state index in [0.29, 0.717) is 17.8 Å². The number of hydroxylamine groups is 2. The summed E-state index contributed by atoms with van der Waals surface area (Å²) in [6, 6.07) is -0.182. The highest BCUT2D eigenvalue weighted by Gasteiger charge is 2.64. The molecule has 5 heteroatoms. The third-order valence-electron chi connectivity index (χ3n) is 7.20. The molecule has 1 atom stereocenters. The Kier molecular flexibility index (Phi) is 4.43. The molecular weight excluding hydrogens is 316 g/mol. The molecule has 1 unspecified atom stereocenters. The van der Waals surface area contributed by atoms with E-state index < -0.39 is 5.54 Å². The molecule has 0 amide bonds. The highest BCUT2D eigenvalue weighted by atomic mass is 16.7. The van der Waals surface area contributed by atoms with Gasteiger partial charge in [0.15, 0.2) is 5.78 Å². The summed E-state index contributed by atoms with van der Waals surface area (Å²) in [6.07, 6.45) is 7.90. The fourth-order valence-electron chi connectivity index (χ4n) is 6.14. The molecule has 4 saturated carbocycles. The van der Waals surface area contributed by atoms with Gasteiger partial charge in [0.1, 0.15) is 11.6 Å². The van der Waals surface area contributed by atoms with Crippen molar-refractivity contribution in [3.05, 3.63) is 0 Å². The number of carbonyl (C=O) groups is 2. The lowest BCUT2D eigenvalue weighted by Gasteiger charge is -2.61. The van der Waals surface area contributed by atoms with Crippen LogP contribution in [0.25, 0.3) is 0 Å². The molecule has 2 heterocycles. The topological polar surface area (TPSA) is 60.7 Å². The minimum absolute atomic E-state index is 0.182. The van der Waals surface area contributed by atoms with Crippen LogP contribution >= 0.6 is 0 Å². The predicted molar refractivity (Wildman–Crippen MR) is 93.5 cm³/mol. The van der Waals surface area contributed by atoms with Crippen LogP contribution in [0.15, 0.2) is 0 Å². The number of rotatable bonds is 2. The Balaban J connectivity index is 0.000000347. The minimum Gasteiger partial charge on any atom is -0.367 e. The van der Waals surface area contributed by atoms with Gasteiger partial charge in [-0.05, 0) is 82.0 Å². The Morgan fingerprint density at radius 1 is 1.08 bits per heavy atom. The second-order valence-electron chi connectivity index (χ2n) is 9.31. The Bertz CT molecular complexity index is 523. The fourth-order valence-corrected chi connectivity index (χ4v) is 6.14. The van der Waals surface area contributed by atoms with E-state index in [0.717, 1.165) is 24.9 Å². The van der Waals surface area contributed by atoms with Crippen LogP contribution in [0.3, 0.4) is 0 Å². The van der Waals surface area contributed by atoms with E-state index in [9.17, 15) is 9.59 Å². The van der Waals surface area contributed by atoms with Gasteiger partial charge in [-0.3, -0.25) is 9.59 Å². The van der Waals surface area contributed by atoms with Crippen molar-refractivity contribution in [2.45, 2.75) is 70.9 Å². The first-order valence-corrected chi connectivity index (χ1v) is 10.0. The number of hydrogen-bond donors (Lipinski definition) is 0. The largest absolute Gasteiger partial charge is 0.367 e. The summed E-state index contributed by atoms with van der Waals surface area (Å²) in [6.45, 7) is 7.41. The molecule has 4 aliphatic carbocycles. The Hall–Kier alpha value is -0.940. The van der Waals surface area contributed by atoms with Gasteiger partial charge in [-0.2, -0.15) is 0 Å². The molecule has 4 bridgehead atoms. The average molecular weight is 347 g/mol. The summed E-state index contributed by atoms with van der Waals surface area (Å²) in [5.41, 5.74) is -0.648. The van der Waals surface area contributed by atoms with Gasteiger partial charge in [0.2, 0.25) is 0 Å². The van der Waals surface area contributed by atoms with Crippen molar-refractivity contribution in [1.29, 1.82) is 0 Å². The van der Waals surface area contributed by atoms with Gasteiger partial charge in [0.25, 0.3) is 0 Å². The van der Waals surface area contributed by atoms with Gasteiger partial charge in [-0.15, -0.1) is 5.06 Å². The van der Waals surface area contributed by atoms with Crippen LogP contribution in [0.2, 0.25) is 0 Å². The number of carbonyl (C=O) groups excluding carboxylic acids is 2. The highest BCUT2D eigenvalue weighted by Crippen LogP contribution is 2.59. The zero-order valence-corrected chi connectivity index (χ0v) is 15.7. The number of ketones is 1. The van der Waals surface area contributed by atoms with Crippen LogP contribution in [-0.2, 0) is 14.4 Å². The molecule has 0 aromatic heterocycles. The summed E-state index contributed by atoms with van der Waals surface area (Å²) in [7, 11) is 0. The summed E-state index contributed by atoms with van der Waals surface area (Å²) in [5, 5.41) is 5.63. The van der Waals surface area contributed by atoms with Gasteiger partial charge in [-0.1, -0.05) is 0 Å². The van der Waals surface area contributed by atoms with E-state index in [2.05, 4.69) is 5.32 Å². The second-order valence-corrected chi connectivity index (χ2v) is 9.31. The zero-order valence-electron chi connectivity index (χ0n) is 15.7. The molecule has 5 nitrogen and oxygen atoms in total. The third kappa shape index (κ3) is 2.93. The average Bonchev–Trinajstić information content (AvgIpc) is 2.46. The molecule has 0 N–H and O–H groups in total. The van der Waals surface area contributed by atoms with Crippen LogP contribution in [0, 0.1) is 29.6 Å². The molecule has 0 aromatic rings. The van der Waals surface area contributed by atoms with Crippen LogP contribution in [0.1, 0.15) is 59.3 Å². The smallest absolute Gasteiger partial charge is 0.322 e. The van der Waals surface area contributed by atoms with Gasteiger partial charge >= 0.3 is 5.97 Å². The lowest BCUT2D eigenvalue weighted by atomic mass is 9.49. The predicted octanol–water partition coefficient (Wildman–Crippen LogP) is 2.56. The maximum absolute atomic E-state index is 12.7. The standard InChI is InChI=1S/C17H25NO3.C3H6N/c1-9(19)21-18-15(16(20)17(18,2)3)14-12-5-10-4-11(7-12)8-13(14)6-10;1-2-4-3-1/h10-15H,4-8H2,1-3H3;1-3H2. The van der Waals surface area contributed by atoms with Crippen molar-refractivity contribution in [1.82, 2.24) is 10.4 Å². The van der Waals surface area contributed by atoms with Crippen molar-refractivity contribution in [3.63, 3.8) is 0 Å². The molecule has 6 aliphatic rings. The Labute approximate surface area is 150 Å². The summed E-state index contributed by atoms with van der Waals surface area (Å²) in [5.74, 6) is 3.50. The van der Waals surface area contributed by atoms with Gasteiger partial charge in [-0.25, -0.2) is 5.32 Å². The summed E-state index contributed by atoms with van der Waals surface area (Å²) >= 11 is 0. The first-order chi connectivity index (χ1) is 11.9. The third-order valence-corrected chi connectivity index (χ3v) is 7.20. The Morgan fingerprint density at radius 2 is 1.56 bits per heavy atom. The molecule has 6 fully saturated rings. The first-order valence-electron chi connectivity index (χ1n) is 10.0. The van der Waals surface area contributed by atoms with E-state index in [4.69, 9.17) is 4.84 Å². The molecule has 2 saturated heterocycles. The van der Waals surface area contributed by atoms with E-state index >= 15 is 0 Å². The van der Waals surface area contributed by atoms with Crippen LogP contribution < -0.4 is 5.32 Å². The molecule has 2 aliphatic heterocycles. The van der Waals surface area contributed by atoms with Crippen LogP contribution in [0.4, 0.5) is 0 Å². The molecule has 6 rings (SSSR count). The summed E-state index contributed by atoms with van der Waals surface area (Å²) < 4.78 is 0. The maximum atomic E-state index is 12.7. The SMILES string of the molecule is C1C[N]C1.CC(=O)ON1C(C2C3CC4CC(C3)CC2C4)C(=O)C1(C)C. The molecule has 1 radical (unpaired) electrons. The van der Waals surface area contributed by atoms with Crippen molar-refractivity contribution in [2.75, 3.05) is 13.1 Å². The normalized spacial score (nSPS) is 43.6. The first kappa shape index (κ1) is 17.5. The van der Waals surface area contributed by atoms with E-state index in [1.165, 1.54) is 45.4 Å². The van der Waals surface area contributed by atoms with E-state index in [-0.39, 0.29) is 17.8 Å². The quantitative estimate of drug-likeness (QED) is 0.770. The van der Waals surface area contributed by atoms with E-state index in [1.807, 2.05) is 13.8 Å². The molecular formula is C20H31N2O3. The maximum Gasteiger partial charge on any atom is 0.322 e. The van der Waals surface area contributed by atoms with Crippen molar-refractivity contribution in [2.24, 2.45) is 29.6 Å². The minimum atomic E-state index is -0.648. The van der Waals surface area contributed by atoms with Gasteiger partial charge in [0.05, 0.1) is 0 Å². The van der Waals surface area contributed by atoms with Crippen LogP contribution in [-0.4, -0.2) is 41.5 Å². The molecule has 139 valence electrons. The van der Waals surface area contributed by atoms with Crippen molar-refractivity contribution in [3.8, 4) is 0 Å².